The topological polar surface area (TPSA) is 136 Å². The van der Waals surface area contributed by atoms with Crippen molar-refractivity contribution in [2.45, 2.75) is 370 Å². The minimum Gasteiger partial charge on any atom is -0.414 e. The molecule has 0 spiro atoms. The summed E-state index contributed by atoms with van der Waals surface area (Å²) in [7, 11) is -10.0. The molecule has 516 valence electrons. The molecule has 5 aliphatic rings. The highest BCUT2D eigenvalue weighted by Crippen LogP contribution is 2.50. The van der Waals surface area contributed by atoms with Crippen LogP contribution in [-0.4, -0.2) is 159 Å². The smallest absolute Gasteiger partial charge is 0.193 e. The second kappa shape index (κ2) is 30.8. The first kappa shape index (κ1) is 79.6. The zero-order valence-electron chi connectivity index (χ0n) is 61.3. The highest BCUT2D eigenvalue weighted by molar-refractivity contribution is 14.1. The minimum atomic E-state index is -2.50. The van der Waals surface area contributed by atoms with Crippen molar-refractivity contribution in [3.63, 3.8) is 0 Å². The number of carbonyl (C=O) groups excluding carboxylic acids is 2. The first-order chi connectivity index (χ1) is 40.5. The first-order valence-electron chi connectivity index (χ1n) is 34.2. The van der Waals surface area contributed by atoms with E-state index in [2.05, 4.69) is 222 Å². The Bertz CT molecular complexity index is 2360. The fourth-order valence-corrected chi connectivity index (χ4v) is 18.8. The summed E-state index contributed by atoms with van der Waals surface area (Å²) in [6, 6.07) is 0. The quantitative estimate of drug-likeness (QED) is 0.0318. The summed E-state index contributed by atoms with van der Waals surface area (Å²) in [6.07, 6.45) is 5.88. The summed E-state index contributed by atoms with van der Waals surface area (Å²) in [4.78, 5) is 26.6. The lowest BCUT2D eigenvalue weighted by Gasteiger charge is -2.56. The Kier molecular flexibility index (Phi) is 27.5. The van der Waals surface area contributed by atoms with E-state index in [-0.39, 0.29) is 117 Å². The molecule has 5 heterocycles. The predicted molar refractivity (Wildman–Crippen MR) is 386 cm³/mol. The van der Waals surface area contributed by atoms with Crippen molar-refractivity contribution in [3.05, 3.63) is 34.5 Å². The normalized spacial score (nSPS) is 31.8. The van der Waals surface area contributed by atoms with Gasteiger partial charge in [0.25, 0.3) is 0 Å². The van der Waals surface area contributed by atoms with Crippen molar-refractivity contribution in [2.75, 3.05) is 13.7 Å². The molecule has 19 heteroatoms. The summed E-state index contributed by atoms with van der Waals surface area (Å²) >= 11 is 2.32. The number of ether oxygens (including phenoxy) is 6. The largest absolute Gasteiger partial charge is 0.414 e. The molecule has 0 bridgehead atoms. The molecule has 5 rings (SSSR count). The highest BCUT2D eigenvalue weighted by atomic mass is 127. The van der Waals surface area contributed by atoms with E-state index in [1.54, 1.807) is 7.11 Å². The summed E-state index contributed by atoms with van der Waals surface area (Å²) < 4.78 is 81.7. The molecule has 0 amide bonds. The Morgan fingerprint density at radius 3 is 1.72 bits per heavy atom. The van der Waals surface area contributed by atoms with Crippen molar-refractivity contribution in [1.82, 2.24) is 0 Å². The van der Waals surface area contributed by atoms with Gasteiger partial charge in [0.1, 0.15) is 36.5 Å². The second-order valence-corrected chi connectivity index (χ2v) is 59.8. The average molecular weight is 1450 g/mol. The van der Waals surface area contributed by atoms with Crippen LogP contribution >= 0.6 is 22.6 Å². The molecule has 0 aliphatic carbocycles. The van der Waals surface area contributed by atoms with E-state index in [0.717, 1.165) is 49.5 Å². The fourth-order valence-electron chi connectivity index (χ4n) is 12.2. The van der Waals surface area contributed by atoms with Gasteiger partial charge in [-0.15, -0.1) is 0 Å². The number of ketones is 1. The molecule has 0 N–H and O–H groups in total. The number of rotatable bonds is 28. The number of methoxy groups -OCH3 is 1. The lowest BCUT2D eigenvalue weighted by molar-refractivity contribution is -0.266. The van der Waals surface area contributed by atoms with Crippen LogP contribution in [0.15, 0.2) is 34.5 Å². The molecule has 0 aromatic carbocycles. The van der Waals surface area contributed by atoms with Crippen molar-refractivity contribution in [3.8, 4) is 0 Å². The zero-order valence-corrected chi connectivity index (χ0v) is 68.5. The van der Waals surface area contributed by atoms with Gasteiger partial charge in [-0.3, -0.25) is 4.79 Å². The number of carbonyl (C=O) groups is 2. The summed E-state index contributed by atoms with van der Waals surface area (Å²) in [5, 5.41) is -0.270. The van der Waals surface area contributed by atoms with Gasteiger partial charge < -0.3 is 55.3 Å². The predicted octanol–water partition coefficient (Wildman–Crippen LogP) is 18.2. The SMILES string of the molecule is C=C1C[C@H](CCC=O)O[C@H]1CC[C@H]1C[C@@H](C)C(=C)[C@@H](C[C@@H]2O[C@H](C[C@@H](CO[Si](C)(C)C(C)(C)C)O[Si](C)(C)C(C)(C)C)[C@H](OC)[C@H]2CC(=O)C[C@H]2CC[C@@H]3O[C@@H]([C@H](/C=C/I)O[Si](C)(C)C(C)(C)C)[C@@H](O[Si](C)(C)C(C)(C)C)[C@@H](O[Si](C)(C)C(C)(C)C)[C@H]3O2)O1. The van der Waals surface area contributed by atoms with Crippen molar-refractivity contribution < 1.29 is 60.1 Å². The molecule has 0 saturated carbocycles. The van der Waals surface area contributed by atoms with Crippen LogP contribution in [0.1, 0.15) is 188 Å². The maximum absolute atomic E-state index is 15.4. The highest BCUT2D eigenvalue weighted by Gasteiger charge is 2.59. The zero-order chi connectivity index (χ0) is 67.6. The Labute approximate surface area is 562 Å². The molecule has 0 aromatic rings. The second-order valence-electron chi connectivity index (χ2n) is 35.2. The van der Waals surface area contributed by atoms with E-state index in [0.29, 0.717) is 38.7 Å². The number of aldehydes is 1. The molecule has 13 nitrogen and oxygen atoms in total. The van der Waals surface area contributed by atoms with Gasteiger partial charge in [-0.25, -0.2) is 0 Å². The first-order valence-corrected chi connectivity index (χ1v) is 50.0. The van der Waals surface area contributed by atoms with Crippen LogP contribution in [-0.2, 0) is 60.1 Å². The monoisotopic (exact) mass is 1450 g/mol. The third-order valence-corrected chi connectivity index (χ3v) is 46.1. The van der Waals surface area contributed by atoms with Gasteiger partial charge in [0.2, 0.25) is 0 Å². The molecule has 0 radical (unpaired) electrons. The molecular formula is C70H131IO13Si5. The summed E-state index contributed by atoms with van der Waals surface area (Å²) in [5.74, 6) is 0.0514. The third-order valence-electron chi connectivity index (χ3n) is 23.2. The molecule has 5 saturated heterocycles. The number of Topliss-reactive ketones (excluding diaryl/α,β-unsaturated/α-hetero) is 1. The molecule has 0 unspecified atom stereocenters. The van der Waals surface area contributed by atoms with Crippen LogP contribution in [0.5, 0.6) is 0 Å². The van der Waals surface area contributed by atoms with E-state index in [9.17, 15) is 4.79 Å². The lowest BCUT2D eigenvalue weighted by Crippen LogP contribution is -2.69. The standard InChI is InChI=1S/C70H131IO13Si5/c1-46-39-51(32-34-55-47(2)40-50(76-55)31-30-38-72)77-58(48(46)3)44-59-54(61(74-19)60(79-59)43-53(81-86(22,23)67(7,8)9)45-75-85(20,21)66(4,5)6)42-49(73)41-52-33-35-56-62(78-52)64(83-88(26,27)69(13,14)15)65(84-89(28,29)70(16,17)18)63(80-56)57(36-37-71)82-87(24,25)68(10,11)12/h36-38,46,50-65H,2-3,30-35,39-45H2,1,4-29H3/b37-36+/t46-,50+,51+,52-,53+,54+,55+,56+,57+,58-,59+,60-,61-,62+,63+,64+,65-/m1/s1. The van der Waals surface area contributed by atoms with Crippen LogP contribution in [0.2, 0.25) is 90.7 Å². The van der Waals surface area contributed by atoms with Crippen molar-refractivity contribution in [1.29, 1.82) is 0 Å². The van der Waals surface area contributed by atoms with Gasteiger partial charge in [-0.05, 0) is 163 Å². The number of hydrogen-bond acceptors (Lipinski definition) is 13. The van der Waals surface area contributed by atoms with Gasteiger partial charge in [0.15, 0.2) is 41.6 Å². The maximum atomic E-state index is 15.4. The summed E-state index contributed by atoms with van der Waals surface area (Å²) in [6.45, 7) is 69.2. The molecule has 17 atom stereocenters. The van der Waals surface area contributed by atoms with Crippen molar-refractivity contribution >= 4 is 76.2 Å². The minimum absolute atomic E-state index is 0.0158. The van der Waals surface area contributed by atoms with Gasteiger partial charge in [0, 0.05) is 45.1 Å². The Morgan fingerprint density at radius 1 is 0.629 bits per heavy atom. The Morgan fingerprint density at radius 2 is 1.18 bits per heavy atom. The molecular weight excluding hydrogens is 1320 g/mol. The van der Waals surface area contributed by atoms with Gasteiger partial charge in [-0.2, -0.15) is 0 Å². The van der Waals surface area contributed by atoms with E-state index in [1.807, 2.05) is 0 Å². The molecule has 5 aliphatic heterocycles. The van der Waals surface area contributed by atoms with Crippen LogP contribution in [0.4, 0.5) is 0 Å². The van der Waals surface area contributed by atoms with Gasteiger partial charge >= 0.3 is 0 Å². The van der Waals surface area contributed by atoms with E-state index in [1.165, 1.54) is 0 Å². The lowest BCUT2D eigenvalue weighted by atomic mass is 9.81. The maximum Gasteiger partial charge on any atom is 0.193 e. The van der Waals surface area contributed by atoms with E-state index < -0.39 is 72.1 Å². The summed E-state index contributed by atoms with van der Waals surface area (Å²) in [5.41, 5.74) is 2.15. The van der Waals surface area contributed by atoms with Crippen molar-refractivity contribution in [2.24, 2.45) is 11.8 Å². The number of fused-ring (bicyclic) bond motifs is 1. The average Bonchev–Trinajstić information content (AvgIpc) is 1.32. The molecule has 5 fully saturated rings. The van der Waals surface area contributed by atoms with Crippen LogP contribution in [0.3, 0.4) is 0 Å². The Hall–Kier alpha value is -0.0656. The van der Waals surface area contributed by atoms with E-state index in [4.69, 9.17) is 50.6 Å². The van der Waals surface area contributed by atoms with Crippen LogP contribution < -0.4 is 0 Å². The van der Waals surface area contributed by atoms with Gasteiger partial charge in [-0.1, -0.05) is 147 Å². The Balaban J connectivity index is 1.51. The van der Waals surface area contributed by atoms with Crippen LogP contribution in [0.25, 0.3) is 0 Å². The van der Waals surface area contributed by atoms with Gasteiger partial charge in [0.05, 0.1) is 73.8 Å². The molecule has 0 aromatic heterocycles. The van der Waals surface area contributed by atoms with E-state index >= 15 is 4.79 Å². The fraction of sp³-hybridized carbons (Fsp3) is 0.886. The van der Waals surface area contributed by atoms with Crippen LogP contribution in [0, 0.1) is 11.8 Å². The third kappa shape index (κ3) is 20.5. The molecule has 89 heavy (non-hydrogen) atoms. The number of halogens is 1. The number of hydrogen-bond donors (Lipinski definition) is 0.